The minimum atomic E-state index is -5.43. The van der Waals surface area contributed by atoms with Gasteiger partial charge in [-0.3, -0.25) is 22.9 Å². The summed E-state index contributed by atoms with van der Waals surface area (Å²) in [5, 5.41) is 31.5. The second-order valence-corrected chi connectivity index (χ2v) is 20.2. The number of esters is 2. The molecular formula is C37H61Na2O16PS. The van der Waals surface area contributed by atoms with Crippen LogP contribution in [0.4, 0.5) is 0 Å². The van der Waals surface area contributed by atoms with E-state index in [1.807, 2.05) is 0 Å². The van der Waals surface area contributed by atoms with Crippen LogP contribution in [0.25, 0.3) is 0 Å². The molecule has 0 amide bonds. The van der Waals surface area contributed by atoms with Crippen LogP contribution in [0.1, 0.15) is 113 Å². The summed E-state index contributed by atoms with van der Waals surface area (Å²) in [5.41, 5.74) is -0.815. The van der Waals surface area contributed by atoms with Crippen molar-refractivity contribution in [2.24, 2.45) is 52.3 Å². The fourth-order valence-corrected chi connectivity index (χ4v) is 13.2. The van der Waals surface area contributed by atoms with E-state index >= 15 is 0 Å². The molecule has 1 saturated heterocycles. The van der Waals surface area contributed by atoms with Gasteiger partial charge in [0.2, 0.25) is 10.4 Å². The number of phosphoric ester groups is 1. The number of aliphatic hydroxyl groups excluding tert-OH is 3. The Bertz CT molecular complexity index is 1540. The van der Waals surface area contributed by atoms with Gasteiger partial charge in [0, 0.05) is 19.8 Å². The standard InChI is InChI=1S/C37H63O16PS.2Na/c1-19(2)9-8-10-20(3)31-29(49-22(5)39)17-26-24-16-28(51-54(43,44)52-35-34(42)33(41)32(40)30(50-35)18-48-21(4)38)27-15-23(53-55(45,46)47)11-13-36(27,6)25(24)12-14-37(26,31)7;;/h19-20,23-35,40-42H,8-18H2,1-7H3,(H,43,44)(H,45,46,47);;/q;2*+1/p-2/t20-,23+,24?,25?,26?,27?,28+,29+,30?,31+,32?,33?,34?,35?,36-,37+;;/m1../s1. The maximum atomic E-state index is 13.8. The van der Waals surface area contributed by atoms with Crippen molar-refractivity contribution in [3.05, 3.63) is 0 Å². The summed E-state index contributed by atoms with van der Waals surface area (Å²) in [6, 6.07) is 0. The molecular weight excluding hydrogens is 809 g/mol. The first-order chi connectivity index (χ1) is 25.5. The third-order valence-corrected chi connectivity index (χ3v) is 15.4. The summed E-state index contributed by atoms with van der Waals surface area (Å²) in [7, 11) is -10.5. The van der Waals surface area contributed by atoms with Crippen LogP contribution in [0.15, 0.2) is 0 Å². The number of hydrogen-bond acceptors (Lipinski definition) is 16. The molecule has 4 saturated carbocycles. The Morgan fingerprint density at radius 3 is 2.11 bits per heavy atom. The van der Waals surface area contributed by atoms with E-state index in [9.17, 15) is 47.3 Å². The maximum Gasteiger partial charge on any atom is 1.00 e. The summed E-state index contributed by atoms with van der Waals surface area (Å²) < 4.78 is 81.3. The number of carbonyl (C=O) groups excluding carboxylic acids is 2. The Morgan fingerprint density at radius 1 is 0.860 bits per heavy atom. The quantitative estimate of drug-likeness (QED) is 0.0531. The van der Waals surface area contributed by atoms with E-state index in [1.165, 1.54) is 6.92 Å². The van der Waals surface area contributed by atoms with Gasteiger partial charge in [-0.25, -0.2) is 8.42 Å². The molecule has 5 aliphatic rings. The summed E-state index contributed by atoms with van der Waals surface area (Å²) in [5.74, 6) is -0.760. The van der Waals surface area contributed by atoms with Gasteiger partial charge in [0.1, 0.15) is 37.1 Å². The minimum Gasteiger partial charge on any atom is -0.756 e. The second kappa shape index (κ2) is 20.5. The monoisotopic (exact) mass is 870 g/mol. The molecule has 20 heteroatoms. The molecule has 5 fully saturated rings. The first kappa shape index (κ1) is 52.1. The Morgan fingerprint density at radius 2 is 1.51 bits per heavy atom. The van der Waals surface area contributed by atoms with E-state index in [2.05, 4.69) is 34.6 Å². The third-order valence-electron chi connectivity index (χ3n) is 13.9. The van der Waals surface area contributed by atoms with Crippen LogP contribution in [-0.2, 0) is 52.0 Å². The van der Waals surface area contributed by atoms with E-state index in [-0.39, 0.29) is 125 Å². The summed E-state index contributed by atoms with van der Waals surface area (Å²) >= 11 is 0. The SMILES string of the molecule is CC(=O)OCC1OC(OP(=O)([O-])O[C@H]2CC3C(CC[C@@]4(C)C3C[C@H](OC(C)=O)[C@@H]4[C@H](C)CCCC(C)C)[C@@]3(C)CC[C@H](OS(=O)(=O)[O-])CC23)C(O)C(O)C1O.[Na+].[Na+]. The van der Waals surface area contributed by atoms with Crippen LogP contribution in [0.2, 0.25) is 0 Å². The van der Waals surface area contributed by atoms with Crippen LogP contribution in [-0.4, -0.2) is 95.9 Å². The van der Waals surface area contributed by atoms with Gasteiger partial charge in [0.15, 0.2) is 6.29 Å². The van der Waals surface area contributed by atoms with E-state index in [0.717, 1.165) is 39.0 Å². The van der Waals surface area contributed by atoms with Crippen molar-refractivity contribution in [3.8, 4) is 0 Å². The van der Waals surface area contributed by atoms with Crippen LogP contribution >= 0.6 is 7.82 Å². The largest absolute Gasteiger partial charge is 1.00 e. The molecule has 16 nitrogen and oxygen atoms in total. The van der Waals surface area contributed by atoms with Gasteiger partial charge in [-0.2, -0.15) is 0 Å². The van der Waals surface area contributed by atoms with E-state index in [4.69, 9.17) is 27.4 Å². The van der Waals surface area contributed by atoms with Crippen LogP contribution in [0.3, 0.4) is 0 Å². The molecule has 0 aromatic heterocycles. The number of carbonyl (C=O) groups is 2. The number of aliphatic hydroxyl groups is 3. The molecule has 318 valence electrons. The number of hydrogen-bond donors (Lipinski definition) is 3. The van der Waals surface area contributed by atoms with Crippen molar-refractivity contribution in [2.45, 2.75) is 162 Å². The molecule has 10 unspecified atom stereocenters. The summed E-state index contributed by atoms with van der Waals surface area (Å²) in [6.07, 6.45) is -5.24. The van der Waals surface area contributed by atoms with E-state index < -0.39 is 85.0 Å². The molecule has 17 atom stereocenters. The van der Waals surface area contributed by atoms with Gasteiger partial charge in [-0.05, 0) is 91.3 Å². The fourth-order valence-electron chi connectivity index (χ4n) is 11.7. The number of rotatable bonds is 14. The molecule has 57 heavy (non-hydrogen) atoms. The van der Waals surface area contributed by atoms with Crippen molar-refractivity contribution in [3.63, 3.8) is 0 Å². The van der Waals surface area contributed by atoms with E-state index in [0.29, 0.717) is 18.8 Å². The minimum absolute atomic E-state index is 0. The summed E-state index contributed by atoms with van der Waals surface area (Å²) in [6.45, 7) is 12.9. The Balaban J connectivity index is 0.00000435. The maximum absolute atomic E-state index is 13.8. The topological polar surface area (TPSA) is 248 Å². The van der Waals surface area contributed by atoms with E-state index in [1.54, 1.807) is 0 Å². The van der Waals surface area contributed by atoms with Crippen molar-refractivity contribution < 1.29 is 134 Å². The number of phosphoric acid groups is 1. The predicted molar refractivity (Wildman–Crippen MR) is 191 cm³/mol. The third kappa shape index (κ3) is 12.1. The Labute approximate surface area is 381 Å². The molecule has 0 bridgehead atoms. The average Bonchev–Trinajstić information content (AvgIpc) is 3.35. The first-order valence-electron chi connectivity index (χ1n) is 19.8. The predicted octanol–water partition coefficient (Wildman–Crippen LogP) is -2.65. The number of fused-ring (bicyclic) bond motifs is 5. The number of ether oxygens (including phenoxy) is 3. The molecule has 0 aromatic carbocycles. The molecule has 0 aromatic rings. The zero-order chi connectivity index (χ0) is 40.8. The Kier molecular flexibility index (Phi) is 18.7. The fraction of sp³-hybridized carbons (Fsp3) is 0.946. The zero-order valence-corrected chi connectivity index (χ0v) is 40.7. The molecule has 5 rings (SSSR count). The van der Waals surface area contributed by atoms with Crippen molar-refractivity contribution >= 4 is 30.2 Å². The summed E-state index contributed by atoms with van der Waals surface area (Å²) in [4.78, 5) is 37.7. The average molecular weight is 871 g/mol. The smallest absolute Gasteiger partial charge is 0.756 e. The Hall–Kier alpha value is 0.760. The zero-order valence-electron chi connectivity index (χ0n) is 34.9. The van der Waals surface area contributed by atoms with Gasteiger partial charge in [-0.15, -0.1) is 0 Å². The molecule has 0 radical (unpaired) electrons. The van der Waals surface area contributed by atoms with Gasteiger partial charge in [0.25, 0.3) is 7.82 Å². The van der Waals surface area contributed by atoms with Crippen LogP contribution in [0, 0.1) is 52.3 Å². The molecule has 1 aliphatic heterocycles. The van der Waals surface area contributed by atoms with Crippen molar-refractivity contribution in [1.29, 1.82) is 0 Å². The van der Waals surface area contributed by atoms with Crippen molar-refractivity contribution in [1.82, 2.24) is 0 Å². The van der Waals surface area contributed by atoms with Gasteiger partial charge >= 0.3 is 71.1 Å². The van der Waals surface area contributed by atoms with Crippen LogP contribution in [0.5, 0.6) is 0 Å². The van der Waals surface area contributed by atoms with Gasteiger partial charge < -0.3 is 43.5 Å². The van der Waals surface area contributed by atoms with Gasteiger partial charge in [-0.1, -0.05) is 53.9 Å². The molecule has 4 aliphatic carbocycles. The molecule has 1 heterocycles. The van der Waals surface area contributed by atoms with Crippen molar-refractivity contribution in [2.75, 3.05) is 6.61 Å². The second-order valence-electron chi connectivity index (χ2n) is 17.9. The molecule has 3 N–H and O–H groups in total. The van der Waals surface area contributed by atoms with Gasteiger partial charge in [0.05, 0.1) is 12.2 Å². The molecule has 0 spiro atoms. The normalized spacial score (nSPS) is 41.9. The van der Waals surface area contributed by atoms with Crippen LogP contribution < -0.4 is 64.0 Å². The first-order valence-corrected chi connectivity index (χ1v) is 22.6.